The summed E-state index contributed by atoms with van der Waals surface area (Å²) >= 11 is 0. The predicted octanol–water partition coefficient (Wildman–Crippen LogP) is 3.42. The summed E-state index contributed by atoms with van der Waals surface area (Å²) in [5, 5.41) is 2.55. The maximum atomic E-state index is 4.71. The Morgan fingerprint density at radius 2 is 1.04 bits per heavy atom. The lowest BCUT2D eigenvalue weighted by Crippen LogP contribution is -2.54. The summed E-state index contributed by atoms with van der Waals surface area (Å²) in [6.45, 7) is 4.70. The van der Waals surface area contributed by atoms with E-state index in [1.54, 1.807) is 12.4 Å². The van der Waals surface area contributed by atoms with Crippen molar-refractivity contribution in [1.29, 1.82) is 0 Å². The van der Waals surface area contributed by atoms with Gasteiger partial charge in [-0.05, 0) is 46.8 Å². The maximum Gasteiger partial charge on any atom is 0.117 e. The van der Waals surface area contributed by atoms with Gasteiger partial charge in [-0.15, -0.1) is 0 Å². The Morgan fingerprint density at radius 3 is 1.44 bits per heavy atom. The van der Waals surface area contributed by atoms with Crippen molar-refractivity contribution >= 4 is 18.4 Å². The summed E-state index contributed by atoms with van der Waals surface area (Å²) in [6.07, 6.45) is 11.0. The minimum absolute atomic E-state index is 1.00. The molecule has 4 heterocycles. The van der Waals surface area contributed by atoms with Gasteiger partial charge < -0.3 is 0 Å². The largest absolute Gasteiger partial charge is 0.264 e. The van der Waals surface area contributed by atoms with E-state index in [0.29, 0.717) is 0 Å². The van der Waals surface area contributed by atoms with Crippen LogP contribution >= 0.6 is 0 Å². The van der Waals surface area contributed by atoms with Gasteiger partial charge in [0.2, 0.25) is 0 Å². The van der Waals surface area contributed by atoms with Gasteiger partial charge in [0.25, 0.3) is 0 Å². The first kappa shape index (κ1) is 17.2. The number of pyridine rings is 4. The van der Waals surface area contributed by atoms with Crippen molar-refractivity contribution in [3.63, 3.8) is 0 Å². The van der Waals surface area contributed by atoms with E-state index in [9.17, 15) is 0 Å². The van der Waals surface area contributed by atoms with Crippen molar-refractivity contribution in [3.8, 4) is 22.5 Å². The molecule has 0 saturated carbocycles. The van der Waals surface area contributed by atoms with Gasteiger partial charge >= 0.3 is 0 Å². The minimum Gasteiger partial charge on any atom is -0.264 e. The molecule has 4 nitrogen and oxygen atoms in total. The van der Waals surface area contributed by atoms with Crippen LogP contribution in [0.5, 0.6) is 0 Å². The minimum atomic E-state index is -2.09. The molecule has 4 rings (SSSR count). The van der Waals surface area contributed by atoms with Gasteiger partial charge in [0.15, 0.2) is 0 Å². The summed E-state index contributed by atoms with van der Waals surface area (Å²) in [4.78, 5) is 18.0. The van der Waals surface area contributed by atoms with E-state index < -0.39 is 8.07 Å². The van der Waals surface area contributed by atoms with Crippen molar-refractivity contribution in [2.45, 2.75) is 13.1 Å². The third-order valence-corrected chi connectivity index (χ3v) is 8.33. The molecule has 132 valence electrons. The summed E-state index contributed by atoms with van der Waals surface area (Å²) in [6, 6.07) is 16.5. The van der Waals surface area contributed by atoms with Crippen LogP contribution in [0.1, 0.15) is 0 Å². The maximum absolute atomic E-state index is 4.71. The number of hydrogen-bond donors (Lipinski definition) is 0. The molecule has 0 radical (unpaired) electrons. The molecule has 0 aliphatic rings. The third-order valence-electron chi connectivity index (χ3n) is 4.83. The van der Waals surface area contributed by atoms with E-state index in [-0.39, 0.29) is 0 Å². The van der Waals surface area contributed by atoms with Crippen molar-refractivity contribution in [2.24, 2.45) is 0 Å². The predicted molar refractivity (Wildman–Crippen MR) is 112 cm³/mol. The second-order valence-electron chi connectivity index (χ2n) is 6.91. The van der Waals surface area contributed by atoms with Gasteiger partial charge in [-0.25, -0.2) is 0 Å². The monoisotopic (exact) mass is 368 g/mol. The van der Waals surface area contributed by atoms with Crippen LogP contribution < -0.4 is 10.4 Å². The zero-order valence-corrected chi connectivity index (χ0v) is 16.4. The molecule has 0 bridgehead atoms. The van der Waals surface area contributed by atoms with Crippen LogP contribution in [0.2, 0.25) is 13.1 Å². The lowest BCUT2D eigenvalue weighted by atomic mass is 10.2. The first-order chi connectivity index (χ1) is 13.2. The quantitative estimate of drug-likeness (QED) is 0.518. The van der Waals surface area contributed by atoms with Crippen LogP contribution in [-0.2, 0) is 0 Å². The van der Waals surface area contributed by atoms with Crippen molar-refractivity contribution in [2.75, 3.05) is 0 Å². The van der Waals surface area contributed by atoms with E-state index in [4.69, 9.17) is 9.97 Å². The first-order valence-electron chi connectivity index (χ1n) is 8.90. The first-order valence-corrected chi connectivity index (χ1v) is 11.9. The molecule has 0 aliphatic carbocycles. The van der Waals surface area contributed by atoms with E-state index in [2.05, 4.69) is 47.3 Å². The Bertz CT molecular complexity index is 965. The molecule has 0 amide bonds. The number of aromatic nitrogens is 4. The highest BCUT2D eigenvalue weighted by atomic mass is 28.3. The van der Waals surface area contributed by atoms with Crippen LogP contribution in [0.3, 0.4) is 0 Å². The normalized spacial score (nSPS) is 11.3. The van der Waals surface area contributed by atoms with Gasteiger partial charge in [-0.2, -0.15) is 0 Å². The molecule has 4 aromatic heterocycles. The Morgan fingerprint density at radius 1 is 0.593 bits per heavy atom. The van der Waals surface area contributed by atoms with Gasteiger partial charge in [0.05, 0.1) is 11.4 Å². The average Bonchev–Trinajstić information content (AvgIpc) is 2.75. The Labute approximate surface area is 160 Å². The smallest absolute Gasteiger partial charge is 0.117 e. The lowest BCUT2D eigenvalue weighted by molar-refractivity contribution is 1.28. The van der Waals surface area contributed by atoms with Gasteiger partial charge in [0.1, 0.15) is 8.07 Å². The van der Waals surface area contributed by atoms with Crippen molar-refractivity contribution in [1.82, 2.24) is 19.9 Å². The standard InChI is InChI=1S/C22H20N4Si/c1-27(2,19-9-5-13-25-21(19)17-7-3-11-23-15-17)20-10-6-14-26-22(20)18-8-4-12-24-16-18/h3-16H,1-2H3. The van der Waals surface area contributed by atoms with Gasteiger partial charge in [0, 0.05) is 48.3 Å². The lowest BCUT2D eigenvalue weighted by Gasteiger charge is -2.27. The highest BCUT2D eigenvalue weighted by Gasteiger charge is 2.32. The summed E-state index contributed by atoms with van der Waals surface area (Å²) < 4.78 is 0. The summed E-state index contributed by atoms with van der Waals surface area (Å²) in [5.74, 6) is 0. The molecule has 0 aliphatic heterocycles. The number of nitrogens with zero attached hydrogens (tertiary/aromatic N) is 4. The zero-order chi connectivity index (χ0) is 18.7. The summed E-state index contributed by atoms with van der Waals surface area (Å²) in [7, 11) is -2.09. The Balaban J connectivity index is 1.90. The fourth-order valence-corrected chi connectivity index (χ4v) is 6.35. The highest BCUT2D eigenvalue weighted by molar-refractivity contribution is 7.01. The average molecular weight is 369 g/mol. The summed E-state index contributed by atoms with van der Waals surface area (Å²) in [5.41, 5.74) is 4.09. The molecule has 0 fully saturated rings. The van der Waals surface area contributed by atoms with Crippen LogP contribution in [0.25, 0.3) is 22.5 Å². The van der Waals surface area contributed by atoms with Gasteiger partial charge in [-0.3, -0.25) is 19.9 Å². The molecule has 27 heavy (non-hydrogen) atoms. The van der Waals surface area contributed by atoms with E-state index in [1.807, 2.05) is 49.1 Å². The third kappa shape index (κ3) is 3.29. The SMILES string of the molecule is C[Si](C)(c1cccnc1-c1cccnc1)c1cccnc1-c1cccnc1. The second-order valence-corrected chi connectivity index (χ2v) is 11.2. The molecular weight excluding hydrogens is 348 g/mol. The molecule has 5 heteroatoms. The van der Waals surface area contributed by atoms with Crippen LogP contribution in [0.15, 0.2) is 85.7 Å². The number of hydrogen-bond acceptors (Lipinski definition) is 4. The van der Waals surface area contributed by atoms with Crippen LogP contribution in [-0.4, -0.2) is 28.0 Å². The molecule has 0 atom stereocenters. The number of rotatable bonds is 4. The fourth-order valence-electron chi connectivity index (χ4n) is 3.43. The van der Waals surface area contributed by atoms with E-state index >= 15 is 0 Å². The Hall–Kier alpha value is -3.18. The zero-order valence-electron chi connectivity index (χ0n) is 15.4. The van der Waals surface area contributed by atoms with Crippen molar-refractivity contribution in [3.05, 3.63) is 85.7 Å². The molecule has 0 N–H and O–H groups in total. The van der Waals surface area contributed by atoms with Gasteiger partial charge in [-0.1, -0.05) is 25.2 Å². The molecule has 0 spiro atoms. The fraction of sp³-hybridized carbons (Fsp3) is 0.0909. The second kappa shape index (κ2) is 7.21. The molecule has 0 saturated heterocycles. The molecule has 0 aromatic carbocycles. The van der Waals surface area contributed by atoms with Crippen LogP contribution in [0, 0.1) is 0 Å². The van der Waals surface area contributed by atoms with Crippen molar-refractivity contribution < 1.29 is 0 Å². The molecule has 0 unspecified atom stereocenters. The topological polar surface area (TPSA) is 51.6 Å². The van der Waals surface area contributed by atoms with Crippen LogP contribution in [0.4, 0.5) is 0 Å². The molecular formula is C22H20N4Si. The molecule has 4 aromatic rings. The Kier molecular flexibility index (Phi) is 4.60. The van der Waals surface area contributed by atoms with E-state index in [1.165, 1.54) is 10.4 Å². The highest BCUT2D eigenvalue weighted by Crippen LogP contribution is 2.21. The van der Waals surface area contributed by atoms with E-state index in [0.717, 1.165) is 22.5 Å².